The minimum absolute atomic E-state index is 0.243. The number of aromatic amines is 1. The van der Waals surface area contributed by atoms with Crippen LogP contribution in [-0.4, -0.2) is 26.2 Å². The molecule has 1 unspecified atom stereocenters. The van der Waals surface area contributed by atoms with E-state index in [2.05, 4.69) is 75.8 Å². The third-order valence-corrected chi connectivity index (χ3v) is 5.39. The number of H-pyrrole nitrogens is 1. The van der Waals surface area contributed by atoms with E-state index in [1.54, 1.807) is 0 Å². The van der Waals surface area contributed by atoms with E-state index >= 15 is 0 Å². The summed E-state index contributed by atoms with van der Waals surface area (Å²) in [6.45, 7) is 1.95. The summed E-state index contributed by atoms with van der Waals surface area (Å²) in [4.78, 5) is 6.28. The van der Waals surface area contributed by atoms with Crippen molar-refractivity contribution in [3.05, 3.63) is 89.4 Å². The number of nitrogens with zero attached hydrogens (tertiary/aromatic N) is 3. The normalized spacial score (nSPS) is 17.5. The second-order valence-corrected chi connectivity index (χ2v) is 7.12. The van der Waals surface area contributed by atoms with Crippen LogP contribution in [0.4, 0.5) is 0 Å². The van der Waals surface area contributed by atoms with Gasteiger partial charge in [-0.15, -0.1) is 0 Å². The third kappa shape index (κ3) is 2.54. The average molecular weight is 342 g/mol. The summed E-state index contributed by atoms with van der Waals surface area (Å²) >= 11 is 0. The fourth-order valence-corrected chi connectivity index (χ4v) is 4.26. The van der Waals surface area contributed by atoms with Gasteiger partial charge in [0.05, 0.1) is 12.2 Å². The molecule has 2 aromatic heterocycles. The van der Waals surface area contributed by atoms with Crippen molar-refractivity contribution in [2.24, 2.45) is 7.05 Å². The van der Waals surface area contributed by atoms with E-state index in [-0.39, 0.29) is 6.04 Å². The van der Waals surface area contributed by atoms with Crippen molar-refractivity contribution in [1.29, 1.82) is 0 Å². The van der Waals surface area contributed by atoms with Crippen molar-refractivity contribution >= 4 is 10.9 Å². The molecule has 0 bridgehead atoms. The Morgan fingerprint density at radius 3 is 2.69 bits per heavy atom. The highest BCUT2D eigenvalue weighted by molar-refractivity contribution is 5.85. The molecule has 3 heterocycles. The largest absolute Gasteiger partial charge is 0.357 e. The molecule has 0 aliphatic carbocycles. The molecule has 1 N–H and O–H groups in total. The molecular formula is C22H22N4. The van der Waals surface area contributed by atoms with Crippen molar-refractivity contribution in [2.75, 3.05) is 6.54 Å². The van der Waals surface area contributed by atoms with Gasteiger partial charge in [-0.2, -0.15) is 5.10 Å². The van der Waals surface area contributed by atoms with Crippen LogP contribution in [0.1, 0.15) is 28.4 Å². The molecule has 0 saturated carbocycles. The summed E-state index contributed by atoms with van der Waals surface area (Å²) in [6.07, 6.45) is 5.16. The Morgan fingerprint density at radius 1 is 1.08 bits per heavy atom. The first-order valence-corrected chi connectivity index (χ1v) is 9.15. The van der Waals surface area contributed by atoms with Gasteiger partial charge in [-0.1, -0.05) is 48.5 Å². The maximum Gasteiger partial charge on any atom is 0.0760 e. The standard InChI is InChI=1S/C22H22N4/c1-25-14-16(13-23-25)15-26-12-11-19-18-9-5-6-10-20(18)24-21(19)22(26)17-7-3-2-4-8-17/h2-10,13-14,22,24H,11-12,15H2,1H3. The Hall–Kier alpha value is -2.85. The van der Waals surface area contributed by atoms with E-state index in [0.717, 1.165) is 19.5 Å². The minimum Gasteiger partial charge on any atom is -0.357 e. The molecule has 4 nitrogen and oxygen atoms in total. The van der Waals surface area contributed by atoms with Crippen LogP contribution in [0.2, 0.25) is 0 Å². The van der Waals surface area contributed by atoms with Crippen molar-refractivity contribution in [1.82, 2.24) is 19.7 Å². The number of benzene rings is 2. The number of aromatic nitrogens is 3. The van der Waals surface area contributed by atoms with Gasteiger partial charge < -0.3 is 4.98 Å². The molecule has 1 aliphatic rings. The Balaban J connectivity index is 1.62. The van der Waals surface area contributed by atoms with Gasteiger partial charge in [0, 0.05) is 48.5 Å². The van der Waals surface area contributed by atoms with Crippen LogP contribution in [0.15, 0.2) is 67.0 Å². The minimum atomic E-state index is 0.243. The van der Waals surface area contributed by atoms with Crippen LogP contribution < -0.4 is 0 Å². The van der Waals surface area contributed by atoms with Crippen molar-refractivity contribution < 1.29 is 0 Å². The molecule has 0 fully saturated rings. The number of aryl methyl sites for hydroxylation is 1. The lowest BCUT2D eigenvalue weighted by Crippen LogP contribution is -2.35. The highest BCUT2D eigenvalue weighted by atomic mass is 15.2. The molecule has 4 aromatic rings. The summed E-state index contributed by atoms with van der Waals surface area (Å²) in [5.74, 6) is 0. The van der Waals surface area contributed by atoms with Gasteiger partial charge >= 0.3 is 0 Å². The van der Waals surface area contributed by atoms with Crippen LogP contribution in [0, 0.1) is 0 Å². The zero-order valence-corrected chi connectivity index (χ0v) is 14.9. The van der Waals surface area contributed by atoms with Crippen LogP contribution in [0.5, 0.6) is 0 Å². The van der Waals surface area contributed by atoms with E-state index in [1.807, 2.05) is 17.9 Å². The van der Waals surface area contributed by atoms with Crippen LogP contribution in [0.25, 0.3) is 10.9 Å². The highest BCUT2D eigenvalue weighted by Gasteiger charge is 2.31. The van der Waals surface area contributed by atoms with Gasteiger partial charge in [-0.05, 0) is 23.6 Å². The van der Waals surface area contributed by atoms with Gasteiger partial charge in [0.2, 0.25) is 0 Å². The summed E-state index contributed by atoms with van der Waals surface area (Å²) in [5, 5.41) is 5.71. The van der Waals surface area contributed by atoms with Gasteiger partial charge in [-0.3, -0.25) is 9.58 Å². The predicted molar refractivity (Wildman–Crippen MR) is 104 cm³/mol. The number of hydrogen-bond acceptors (Lipinski definition) is 2. The zero-order chi connectivity index (χ0) is 17.5. The number of para-hydroxylation sites is 1. The first kappa shape index (κ1) is 15.4. The van der Waals surface area contributed by atoms with E-state index in [9.17, 15) is 0 Å². The topological polar surface area (TPSA) is 36.9 Å². The van der Waals surface area contributed by atoms with Gasteiger partial charge in [-0.25, -0.2) is 0 Å². The van der Waals surface area contributed by atoms with Crippen molar-refractivity contribution in [3.8, 4) is 0 Å². The average Bonchev–Trinajstić information content (AvgIpc) is 3.25. The molecule has 130 valence electrons. The SMILES string of the molecule is Cn1cc(CN2CCc3c([nH]c4ccccc34)C2c2ccccc2)cn1. The summed E-state index contributed by atoms with van der Waals surface area (Å²) < 4.78 is 1.88. The van der Waals surface area contributed by atoms with Crippen LogP contribution >= 0.6 is 0 Å². The monoisotopic (exact) mass is 342 g/mol. The lowest BCUT2D eigenvalue weighted by Gasteiger charge is -2.36. The van der Waals surface area contributed by atoms with E-state index in [1.165, 1.54) is 33.3 Å². The lowest BCUT2D eigenvalue weighted by atomic mass is 9.92. The molecule has 1 aliphatic heterocycles. The van der Waals surface area contributed by atoms with Crippen molar-refractivity contribution in [3.63, 3.8) is 0 Å². The molecule has 0 amide bonds. The highest BCUT2D eigenvalue weighted by Crippen LogP contribution is 2.38. The Bertz CT molecular complexity index is 1040. The summed E-state index contributed by atoms with van der Waals surface area (Å²) in [5.41, 5.74) is 6.64. The second-order valence-electron chi connectivity index (χ2n) is 7.12. The predicted octanol–water partition coefficient (Wildman–Crippen LogP) is 4.05. The Labute approximate surface area is 153 Å². The summed E-state index contributed by atoms with van der Waals surface area (Å²) in [6, 6.07) is 19.7. The lowest BCUT2D eigenvalue weighted by molar-refractivity contribution is 0.202. The number of fused-ring (bicyclic) bond motifs is 3. The second kappa shape index (κ2) is 6.15. The van der Waals surface area contributed by atoms with E-state index < -0.39 is 0 Å². The van der Waals surface area contributed by atoms with Gasteiger partial charge in [0.15, 0.2) is 0 Å². The quantitative estimate of drug-likeness (QED) is 0.610. The fraction of sp³-hybridized carbons (Fsp3) is 0.227. The maximum atomic E-state index is 4.34. The molecule has 0 radical (unpaired) electrons. The van der Waals surface area contributed by atoms with E-state index in [4.69, 9.17) is 0 Å². The van der Waals surface area contributed by atoms with E-state index in [0.29, 0.717) is 0 Å². The van der Waals surface area contributed by atoms with Crippen LogP contribution in [-0.2, 0) is 20.0 Å². The van der Waals surface area contributed by atoms with Gasteiger partial charge in [0.25, 0.3) is 0 Å². The van der Waals surface area contributed by atoms with Crippen molar-refractivity contribution in [2.45, 2.75) is 19.0 Å². The molecule has 1 atom stereocenters. The Kier molecular flexibility index (Phi) is 3.64. The fourth-order valence-electron chi connectivity index (χ4n) is 4.26. The molecule has 4 heteroatoms. The summed E-state index contributed by atoms with van der Waals surface area (Å²) in [7, 11) is 1.98. The first-order chi connectivity index (χ1) is 12.8. The molecule has 0 spiro atoms. The molecule has 5 rings (SSSR count). The number of rotatable bonds is 3. The number of hydrogen-bond donors (Lipinski definition) is 1. The molecular weight excluding hydrogens is 320 g/mol. The first-order valence-electron chi connectivity index (χ1n) is 9.15. The smallest absolute Gasteiger partial charge is 0.0760 e. The molecule has 0 saturated heterocycles. The van der Waals surface area contributed by atoms with Crippen LogP contribution in [0.3, 0.4) is 0 Å². The third-order valence-electron chi connectivity index (χ3n) is 5.39. The molecule has 26 heavy (non-hydrogen) atoms. The van der Waals surface area contributed by atoms with Gasteiger partial charge in [0.1, 0.15) is 0 Å². The number of nitrogens with one attached hydrogen (secondary N) is 1. The maximum absolute atomic E-state index is 4.34. The zero-order valence-electron chi connectivity index (χ0n) is 14.9. The molecule has 2 aromatic carbocycles. The Morgan fingerprint density at radius 2 is 1.88 bits per heavy atom.